The molecule has 0 saturated carbocycles. The average molecular weight is 200 g/mol. The third-order valence-corrected chi connectivity index (χ3v) is 2.29. The molecule has 0 unspecified atom stereocenters. The highest BCUT2D eigenvalue weighted by atomic mass is 16.1. The largest absolute Gasteiger partial charge is 0.366 e. The third-order valence-electron chi connectivity index (χ3n) is 2.29. The van der Waals surface area contributed by atoms with Gasteiger partial charge in [-0.2, -0.15) is 0 Å². The second-order valence-corrected chi connectivity index (χ2v) is 3.37. The van der Waals surface area contributed by atoms with Crippen LogP contribution in [-0.4, -0.2) is 10.9 Å². The van der Waals surface area contributed by atoms with Gasteiger partial charge in [0, 0.05) is 17.1 Å². The highest BCUT2D eigenvalue weighted by Gasteiger charge is 1.99. The second kappa shape index (κ2) is 4.00. The molecule has 3 heteroatoms. The maximum absolute atomic E-state index is 10.5. The first-order valence-electron chi connectivity index (χ1n) is 4.78. The van der Waals surface area contributed by atoms with Gasteiger partial charge in [-0.15, -0.1) is 0 Å². The van der Waals surface area contributed by atoms with E-state index < -0.39 is 5.91 Å². The van der Waals surface area contributed by atoms with Gasteiger partial charge >= 0.3 is 0 Å². The van der Waals surface area contributed by atoms with Crippen LogP contribution >= 0.6 is 0 Å². The lowest BCUT2D eigenvalue weighted by atomic mass is 10.1. The number of carbonyl (C=O) groups excluding carboxylic acids is 1. The lowest BCUT2D eigenvalue weighted by molar-refractivity contribution is -0.113. The summed E-state index contributed by atoms with van der Waals surface area (Å²) in [5.41, 5.74) is 7.29. The standard InChI is InChI=1S/C12H12N2O/c13-12(15)7-3-4-9-8-14-11-6-2-1-5-10(9)11/h1-3,5-8,14H,4H2,(H2,13,15). The van der Waals surface area contributed by atoms with Crippen LogP contribution in [0.15, 0.2) is 42.6 Å². The Morgan fingerprint density at radius 2 is 2.20 bits per heavy atom. The first-order valence-corrected chi connectivity index (χ1v) is 4.78. The van der Waals surface area contributed by atoms with Crippen LogP contribution in [0.1, 0.15) is 5.56 Å². The maximum Gasteiger partial charge on any atom is 0.241 e. The predicted molar refractivity (Wildman–Crippen MR) is 60.3 cm³/mol. The molecule has 3 nitrogen and oxygen atoms in total. The zero-order valence-corrected chi connectivity index (χ0v) is 8.23. The van der Waals surface area contributed by atoms with E-state index in [1.165, 1.54) is 17.0 Å². The maximum atomic E-state index is 10.5. The number of primary amides is 1. The molecule has 1 heterocycles. The van der Waals surface area contributed by atoms with Gasteiger partial charge < -0.3 is 10.7 Å². The van der Waals surface area contributed by atoms with Crippen molar-refractivity contribution < 1.29 is 4.79 Å². The highest BCUT2D eigenvalue weighted by molar-refractivity contribution is 5.86. The third kappa shape index (κ3) is 2.07. The van der Waals surface area contributed by atoms with Crippen LogP contribution in [0.5, 0.6) is 0 Å². The van der Waals surface area contributed by atoms with Gasteiger partial charge in [-0.05, 0) is 24.1 Å². The molecular weight excluding hydrogens is 188 g/mol. The number of hydrogen-bond acceptors (Lipinski definition) is 1. The van der Waals surface area contributed by atoms with Gasteiger partial charge in [0.2, 0.25) is 5.91 Å². The van der Waals surface area contributed by atoms with E-state index in [2.05, 4.69) is 11.1 Å². The molecule has 2 rings (SSSR count). The minimum atomic E-state index is -0.408. The minimum absolute atomic E-state index is 0.408. The van der Waals surface area contributed by atoms with Gasteiger partial charge in [0.15, 0.2) is 0 Å². The predicted octanol–water partition coefficient (Wildman–Crippen LogP) is 1.75. The summed E-state index contributed by atoms with van der Waals surface area (Å²) in [4.78, 5) is 13.7. The van der Waals surface area contributed by atoms with Crippen LogP contribution in [-0.2, 0) is 11.2 Å². The van der Waals surface area contributed by atoms with Crippen LogP contribution in [0.25, 0.3) is 10.9 Å². The molecule has 0 saturated heterocycles. The lowest BCUT2D eigenvalue weighted by Gasteiger charge is -1.92. The zero-order valence-electron chi connectivity index (χ0n) is 8.23. The smallest absolute Gasteiger partial charge is 0.241 e. The summed E-state index contributed by atoms with van der Waals surface area (Å²) in [6.07, 6.45) is 5.84. The fraction of sp³-hybridized carbons (Fsp3) is 0.0833. The van der Waals surface area contributed by atoms with Gasteiger partial charge in [-0.25, -0.2) is 0 Å². The molecule has 76 valence electrons. The second-order valence-electron chi connectivity index (χ2n) is 3.37. The molecule has 0 aliphatic heterocycles. The van der Waals surface area contributed by atoms with Crippen molar-refractivity contribution in [1.29, 1.82) is 0 Å². The number of nitrogens with two attached hydrogens (primary N) is 1. The van der Waals surface area contributed by atoms with Crippen molar-refractivity contribution in [2.75, 3.05) is 0 Å². The Morgan fingerprint density at radius 3 is 3.00 bits per heavy atom. The number of nitrogens with one attached hydrogen (secondary N) is 1. The Hall–Kier alpha value is -2.03. The van der Waals surface area contributed by atoms with E-state index in [4.69, 9.17) is 5.73 Å². The topological polar surface area (TPSA) is 58.9 Å². The Labute approximate surface area is 87.6 Å². The number of aromatic amines is 1. The molecule has 0 aliphatic carbocycles. The molecule has 2 aromatic rings. The van der Waals surface area contributed by atoms with E-state index in [-0.39, 0.29) is 0 Å². The van der Waals surface area contributed by atoms with Crippen LogP contribution in [0, 0.1) is 0 Å². The van der Waals surface area contributed by atoms with E-state index in [0.717, 1.165) is 5.52 Å². The molecule has 0 aliphatic rings. The zero-order chi connectivity index (χ0) is 10.7. The lowest BCUT2D eigenvalue weighted by Crippen LogP contribution is -2.05. The van der Waals surface area contributed by atoms with Crippen molar-refractivity contribution in [3.05, 3.63) is 48.2 Å². The monoisotopic (exact) mass is 200 g/mol. The molecular formula is C12H12N2O. The number of aromatic nitrogens is 1. The highest BCUT2D eigenvalue weighted by Crippen LogP contribution is 2.18. The molecule has 3 N–H and O–H groups in total. The summed E-state index contributed by atoms with van der Waals surface area (Å²) < 4.78 is 0. The van der Waals surface area contributed by atoms with Crippen molar-refractivity contribution in [3.8, 4) is 0 Å². The summed E-state index contributed by atoms with van der Waals surface area (Å²) >= 11 is 0. The van der Waals surface area contributed by atoms with Gasteiger partial charge in [-0.1, -0.05) is 24.3 Å². The fourth-order valence-corrected chi connectivity index (χ4v) is 1.60. The Bertz CT molecular complexity index is 511. The number of fused-ring (bicyclic) bond motifs is 1. The molecule has 1 aromatic carbocycles. The Kier molecular flexibility index (Phi) is 2.54. The van der Waals surface area contributed by atoms with Gasteiger partial charge in [-0.3, -0.25) is 4.79 Å². The first-order chi connectivity index (χ1) is 7.27. The van der Waals surface area contributed by atoms with Gasteiger partial charge in [0.25, 0.3) is 0 Å². The van der Waals surface area contributed by atoms with E-state index >= 15 is 0 Å². The summed E-state index contributed by atoms with van der Waals surface area (Å²) in [5.74, 6) is -0.408. The molecule has 1 aromatic heterocycles. The van der Waals surface area contributed by atoms with Gasteiger partial charge in [0.05, 0.1) is 0 Å². The normalized spacial score (nSPS) is 11.2. The molecule has 0 bridgehead atoms. The van der Waals surface area contributed by atoms with Gasteiger partial charge in [0.1, 0.15) is 0 Å². The summed E-state index contributed by atoms with van der Waals surface area (Å²) in [7, 11) is 0. The molecule has 0 fully saturated rings. The van der Waals surface area contributed by atoms with Crippen molar-refractivity contribution in [3.63, 3.8) is 0 Å². The van der Waals surface area contributed by atoms with Crippen molar-refractivity contribution in [2.24, 2.45) is 5.73 Å². The molecule has 1 amide bonds. The quantitative estimate of drug-likeness (QED) is 0.728. The number of carbonyl (C=O) groups is 1. The van der Waals surface area contributed by atoms with Crippen LogP contribution < -0.4 is 5.73 Å². The SMILES string of the molecule is NC(=O)C=CCc1c[nH]c2ccccc12. The molecule has 0 spiro atoms. The number of H-pyrrole nitrogens is 1. The van der Waals surface area contributed by atoms with E-state index in [1.54, 1.807) is 6.08 Å². The van der Waals surface area contributed by atoms with Crippen LogP contribution in [0.3, 0.4) is 0 Å². The van der Waals surface area contributed by atoms with E-state index in [9.17, 15) is 4.79 Å². The van der Waals surface area contributed by atoms with Crippen LogP contribution in [0.4, 0.5) is 0 Å². The van der Waals surface area contributed by atoms with Crippen molar-refractivity contribution in [1.82, 2.24) is 4.98 Å². The number of benzene rings is 1. The Morgan fingerprint density at radius 1 is 1.40 bits per heavy atom. The number of rotatable bonds is 3. The fourth-order valence-electron chi connectivity index (χ4n) is 1.60. The number of amides is 1. The summed E-state index contributed by atoms with van der Waals surface area (Å²) in [5, 5.41) is 1.19. The number of para-hydroxylation sites is 1. The number of hydrogen-bond donors (Lipinski definition) is 2. The molecule has 15 heavy (non-hydrogen) atoms. The average Bonchev–Trinajstić information content (AvgIpc) is 2.62. The minimum Gasteiger partial charge on any atom is -0.366 e. The Balaban J connectivity index is 2.25. The van der Waals surface area contributed by atoms with E-state index in [0.29, 0.717) is 6.42 Å². The van der Waals surface area contributed by atoms with Crippen LogP contribution in [0.2, 0.25) is 0 Å². The van der Waals surface area contributed by atoms with Crippen molar-refractivity contribution >= 4 is 16.8 Å². The first kappa shape index (κ1) is 9.52. The number of allylic oxidation sites excluding steroid dienone is 1. The van der Waals surface area contributed by atoms with E-state index in [1.807, 2.05) is 24.4 Å². The summed E-state index contributed by atoms with van der Waals surface area (Å²) in [6.45, 7) is 0. The van der Waals surface area contributed by atoms with Crippen molar-refractivity contribution in [2.45, 2.75) is 6.42 Å². The molecule has 0 radical (unpaired) electrons. The molecule has 0 atom stereocenters. The summed E-state index contributed by atoms with van der Waals surface area (Å²) in [6, 6.07) is 8.06.